The Hall–Kier alpha value is -1.06. The van der Waals surface area contributed by atoms with E-state index in [2.05, 4.69) is 24.8 Å². The Morgan fingerprint density at radius 1 is 1.35 bits per heavy atom. The second kappa shape index (κ2) is 5.05. The number of benzene rings is 1. The first kappa shape index (κ1) is 13.9. The zero-order chi connectivity index (χ0) is 14.3. The average Bonchev–Trinajstić information content (AvgIpc) is 2.79. The van der Waals surface area contributed by atoms with E-state index in [0.29, 0.717) is 5.41 Å². The Morgan fingerprint density at radius 2 is 2.15 bits per heavy atom. The first-order valence-electron chi connectivity index (χ1n) is 7.59. The zero-order valence-electron chi connectivity index (χ0n) is 12.7. The second-order valence-corrected chi connectivity index (χ2v) is 7.00. The molecule has 3 heteroatoms. The number of hydrogen-bond donors (Lipinski definition) is 1. The standard InChI is InChI=1S/C17H25NO2/c1-17(2)8-9-18(11-17)15-7-5-12-4-6-13(20-3)10-14(12)16(15)19/h4,6,10,15-16,19H,5,7-9,11H2,1-3H3. The minimum absolute atomic E-state index is 0.261. The van der Waals surface area contributed by atoms with Gasteiger partial charge in [0.2, 0.25) is 0 Å². The Bertz CT molecular complexity index is 498. The summed E-state index contributed by atoms with van der Waals surface area (Å²) in [4.78, 5) is 2.48. The highest BCUT2D eigenvalue weighted by Gasteiger charge is 2.38. The summed E-state index contributed by atoms with van der Waals surface area (Å²) in [7, 11) is 1.68. The Morgan fingerprint density at radius 3 is 2.80 bits per heavy atom. The van der Waals surface area contributed by atoms with Crippen molar-refractivity contribution in [1.29, 1.82) is 0 Å². The maximum Gasteiger partial charge on any atom is 0.119 e. The van der Waals surface area contributed by atoms with Gasteiger partial charge in [0, 0.05) is 12.6 Å². The summed E-state index contributed by atoms with van der Waals surface area (Å²) >= 11 is 0. The van der Waals surface area contributed by atoms with E-state index in [-0.39, 0.29) is 12.1 Å². The molecular weight excluding hydrogens is 250 g/mol. The van der Waals surface area contributed by atoms with Crippen LogP contribution in [-0.4, -0.2) is 36.2 Å². The monoisotopic (exact) mass is 275 g/mol. The SMILES string of the molecule is COc1ccc2c(c1)C(O)C(N1CCC(C)(C)C1)CC2. The Balaban J connectivity index is 1.83. The van der Waals surface area contributed by atoms with Crippen molar-refractivity contribution in [3.05, 3.63) is 29.3 Å². The molecule has 0 bridgehead atoms. The first-order valence-corrected chi connectivity index (χ1v) is 7.59. The van der Waals surface area contributed by atoms with Crippen molar-refractivity contribution in [2.75, 3.05) is 20.2 Å². The normalized spacial score (nSPS) is 29.2. The van der Waals surface area contributed by atoms with E-state index in [9.17, 15) is 5.11 Å². The average molecular weight is 275 g/mol. The molecular formula is C17H25NO2. The molecule has 3 rings (SSSR count). The minimum atomic E-state index is -0.386. The Labute approximate surface area is 121 Å². The highest BCUT2D eigenvalue weighted by atomic mass is 16.5. The number of ether oxygens (including phenoxy) is 1. The van der Waals surface area contributed by atoms with E-state index in [1.54, 1.807) is 7.11 Å². The topological polar surface area (TPSA) is 32.7 Å². The third-order valence-electron chi connectivity index (χ3n) is 4.92. The third kappa shape index (κ3) is 2.45. The van der Waals surface area contributed by atoms with Crippen LogP contribution in [0.4, 0.5) is 0 Å². The van der Waals surface area contributed by atoms with Crippen LogP contribution in [0.1, 0.15) is 43.9 Å². The summed E-state index contributed by atoms with van der Waals surface area (Å²) in [6.07, 6.45) is 2.94. The lowest BCUT2D eigenvalue weighted by Crippen LogP contribution is -2.41. The van der Waals surface area contributed by atoms with Crippen molar-refractivity contribution in [3.63, 3.8) is 0 Å². The van der Waals surface area contributed by atoms with Crippen LogP contribution in [0.15, 0.2) is 18.2 Å². The molecule has 1 aromatic rings. The highest BCUT2D eigenvalue weighted by Crippen LogP contribution is 2.39. The second-order valence-electron chi connectivity index (χ2n) is 7.00. The molecule has 20 heavy (non-hydrogen) atoms. The van der Waals surface area contributed by atoms with Crippen molar-refractivity contribution < 1.29 is 9.84 Å². The number of methoxy groups -OCH3 is 1. The number of hydrogen-bond acceptors (Lipinski definition) is 3. The zero-order valence-corrected chi connectivity index (χ0v) is 12.7. The van der Waals surface area contributed by atoms with E-state index < -0.39 is 0 Å². The number of likely N-dealkylation sites (tertiary alicyclic amines) is 1. The van der Waals surface area contributed by atoms with E-state index >= 15 is 0 Å². The van der Waals surface area contributed by atoms with E-state index in [1.807, 2.05) is 12.1 Å². The highest BCUT2D eigenvalue weighted by molar-refractivity contribution is 5.39. The van der Waals surface area contributed by atoms with Gasteiger partial charge in [-0.3, -0.25) is 4.90 Å². The molecule has 0 spiro atoms. The number of aliphatic hydroxyl groups excluding tert-OH is 1. The number of aryl methyl sites for hydroxylation is 1. The maximum absolute atomic E-state index is 10.8. The van der Waals surface area contributed by atoms with Crippen molar-refractivity contribution in [3.8, 4) is 5.75 Å². The number of aliphatic hydroxyl groups is 1. The quantitative estimate of drug-likeness (QED) is 0.901. The lowest BCUT2D eigenvalue weighted by atomic mass is 9.84. The van der Waals surface area contributed by atoms with Gasteiger partial charge in [0.25, 0.3) is 0 Å². The molecule has 1 aliphatic carbocycles. The summed E-state index contributed by atoms with van der Waals surface area (Å²) in [5.41, 5.74) is 2.72. The molecule has 1 heterocycles. The van der Waals surface area contributed by atoms with Gasteiger partial charge in [0.15, 0.2) is 0 Å². The van der Waals surface area contributed by atoms with Gasteiger partial charge < -0.3 is 9.84 Å². The molecule has 2 aliphatic rings. The fourth-order valence-electron chi connectivity index (χ4n) is 3.69. The lowest BCUT2D eigenvalue weighted by molar-refractivity contribution is 0.0439. The number of rotatable bonds is 2. The minimum Gasteiger partial charge on any atom is -0.497 e. The summed E-state index contributed by atoms with van der Waals surface area (Å²) in [6, 6.07) is 6.36. The fraction of sp³-hybridized carbons (Fsp3) is 0.647. The molecule has 0 radical (unpaired) electrons. The molecule has 1 saturated heterocycles. The fourth-order valence-corrected chi connectivity index (χ4v) is 3.69. The maximum atomic E-state index is 10.8. The molecule has 0 saturated carbocycles. The van der Waals surface area contributed by atoms with Crippen LogP contribution >= 0.6 is 0 Å². The van der Waals surface area contributed by atoms with E-state index in [1.165, 1.54) is 12.0 Å². The Kier molecular flexibility index (Phi) is 3.51. The van der Waals surface area contributed by atoms with Crippen LogP contribution in [0.25, 0.3) is 0 Å². The van der Waals surface area contributed by atoms with Crippen LogP contribution in [0.3, 0.4) is 0 Å². The van der Waals surface area contributed by atoms with Crippen molar-refractivity contribution in [1.82, 2.24) is 4.90 Å². The van der Waals surface area contributed by atoms with Gasteiger partial charge in [-0.15, -0.1) is 0 Å². The molecule has 1 aromatic carbocycles. The summed E-state index contributed by atoms with van der Waals surface area (Å²) in [5.74, 6) is 0.838. The first-order chi connectivity index (χ1) is 9.50. The van der Waals surface area contributed by atoms with E-state index in [4.69, 9.17) is 4.74 Å². The summed E-state index contributed by atoms with van der Waals surface area (Å²) < 4.78 is 5.30. The molecule has 1 aliphatic heterocycles. The van der Waals surface area contributed by atoms with Gasteiger partial charge >= 0.3 is 0 Å². The molecule has 3 nitrogen and oxygen atoms in total. The smallest absolute Gasteiger partial charge is 0.119 e. The van der Waals surface area contributed by atoms with Crippen LogP contribution in [-0.2, 0) is 6.42 Å². The van der Waals surface area contributed by atoms with Gasteiger partial charge in [0.05, 0.1) is 13.2 Å². The number of fused-ring (bicyclic) bond motifs is 1. The van der Waals surface area contributed by atoms with Gasteiger partial charge in [-0.25, -0.2) is 0 Å². The molecule has 1 N–H and O–H groups in total. The van der Waals surface area contributed by atoms with Crippen LogP contribution in [0.2, 0.25) is 0 Å². The molecule has 110 valence electrons. The molecule has 2 atom stereocenters. The summed E-state index contributed by atoms with van der Waals surface area (Å²) in [6.45, 7) is 6.83. The molecule has 0 aromatic heterocycles. The van der Waals surface area contributed by atoms with Gasteiger partial charge in [-0.05, 0) is 54.5 Å². The van der Waals surface area contributed by atoms with Crippen LogP contribution in [0.5, 0.6) is 5.75 Å². The lowest BCUT2D eigenvalue weighted by Gasteiger charge is -2.37. The van der Waals surface area contributed by atoms with Crippen molar-refractivity contribution >= 4 is 0 Å². The predicted molar refractivity (Wildman–Crippen MR) is 80.0 cm³/mol. The van der Waals surface area contributed by atoms with Crippen molar-refractivity contribution in [2.24, 2.45) is 5.41 Å². The largest absolute Gasteiger partial charge is 0.497 e. The third-order valence-corrected chi connectivity index (χ3v) is 4.92. The predicted octanol–water partition coefficient (Wildman–Crippen LogP) is 2.78. The molecule has 0 amide bonds. The van der Waals surface area contributed by atoms with Gasteiger partial charge in [-0.1, -0.05) is 19.9 Å². The summed E-state index contributed by atoms with van der Waals surface area (Å²) in [5, 5.41) is 10.8. The molecule has 1 fully saturated rings. The molecule has 2 unspecified atom stereocenters. The van der Waals surface area contributed by atoms with E-state index in [0.717, 1.165) is 37.2 Å². The number of nitrogens with zero attached hydrogens (tertiary/aromatic N) is 1. The van der Waals surface area contributed by atoms with Crippen LogP contribution in [0, 0.1) is 5.41 Å². The van der Waals surface area contributed by atoms with Crippen LogP contribution < -0.4 is 4.74 Å². The van der Waals surface area contributed by atoms with Gasteiger partial charge in [0.1, 0.15) is 5.75 Å². The van der Waals surface area contributed by atoms with Crippen molar-refractivity contribution in [2.45, 2.75) is 45.3 Å². The van der Waals surface area contributed by atoms with Gasteiger partial charge in [-0.2, -0.15) is 0 Å².